The summed E-state index contributed by atoms with van der Waals surface area (Å²) in [6.45, 7) is 0.00931. The Morgan fingerprint density at radius 1 is 1.19 bits per heavy atom. The van der Waals surface area contributed by atoms with Crippen molar-refractivity contribution in [1.82, 2.24) is 5.43 Å². The van der Waals surface area contributed by atoms with E-state index in [0.29, 0.717) is 5.75 Å². The zero-order valence-electron chi connectivity index (χ0n) is 14.3. The molecule has 0 unspecified atom stereocenters. The minimum atomic E-state index is -0.567. The average Bonchev–Trinajstić information content (AvgIpc) is 2.66. The zero-order valence-corrected chi connectivity index (χ0v) is 14.3. The van der Waals surface area contributed by atoms with Crippen LogP contribution in [-0.4, -0.2) is 37.8 Å². The van der Waals surface area contributed by atoms with E-state index in [0.717, 1.165) is 5.69 Å². The minimum absolute atomic E-state index is 0.00931. The first-order chi connectivity index (χ1) is 12.5. The van der Waals surface area contributed by atoms with Gasteiger partial charge in [-0.3, -0.25) is 14.9 Å². The van der Waals surface area contributed by atoms with Crippen molar-refractivity contribution in [2.45, 2.75) is 0 Å². The largest absolute Gasteiger partial charge is 0.493 e. The summed E-state index contributed by atoms with van der Waals surface area (Å²) < 4.78 is 10.2. The maximum absolute atomic E-state index is 11.8. The normalized spacial score (nSPS) is 10.4. The third kappa shape index (κ3) is 4.94. The molecule has 0 spiro atoms. The number of hydrazone groups is 1. The van der Waals surface area contributed by atoms with Crippen molar-refractivity contribution in [1.29, 1.82) is 0 Å². The fraction of sp³-hybridized carbons (Fsp3) is 0.176. The van der Waals surface area contributed by atoms with Crippen LogP contribution in [-0.2, 0) is 4.79 Å². The van der Waals surface area contributed by atoms with Crippen molar-refractivity contribution in [2.75, 3.05) is 26.1 Å². The van der Waals surface area contributed by atoms with E-state index in [1.165, 1.54) is 32.6 Å². The summed E-state index contributed by atoms with van der Waals surface area (Å²) in [7, 11) is 2.80. The van der Waals surface area contributed by atoms with Gasteiger partial charge in [0.2, 0.25) is 0 Å². The zero-order chi connectivity index (χ0) is 18.9. The lowest BCUT2D eigenvalue weighted by Crippen LogP contribution is -2.25. The molecule has 0 aliphatic rings. The van der Waals surface area contributed by atoms with Crippen LogP contribution in [0, 0.1) is 10.1 Å². The van der Waals surface area contributed by atoms with Gasteiger partial charge < -0.3 is 14.8 Å². The molecule has 0 aliphatic heterocycles. The number of para-hydroxylation sites is 1. The summed E-state index contributed by atoms with van der Waals surface area (Å²) >= 11 is 0. The number of hydrogen-bond donors (Lipinski definition) is 2. The molecule has 2 N–H and O–H groups in total. The highest BCUT2D eigenvalue weighted by molar-refractivity contribution is 5.88. The van der Waals surface area contributed by atoms with Crippen molar-refractivity contribution >= 4 is 23.5 Å². The molecule has 0 saturated carbocycles. The molecule has 2 aromatic rings. The number of carbonyl (C=O) groups is 1. The lowest BCUT2D eigenvalue weighted by molar-refractivity contribution is -0.385. The third-order valence-corrected chi connectivity index (χ3v) is 3.35. The predicted molar refractivity (Wildman–Crippen MR) is 96.9 cm³/mol. The third-order valence-electron chi connectivity index (χ3n) is 3.35. The number of hydrogen-bond acceptors (Lipinski definition) is 7. The Bertz CT molecular complexity index is 808. The van der Waals surface area contributed by atoms with Crippen LogP contribution in [0.25, 0.3) is 0 Å². The van der Waals surface area contributed by atoms with Gasteiger partial charge in [0, 0.05) is 5.69 Å². The van der Waals surface area contributed by atoms with Gasteiger partial charge >= 0.3 is 0 Å². The number of benzene rings is 2. The number of ether oxygens (including phenoxy) is 2. The van der Waals surface area contributed by atoms with Gasteiger partial charge in [-0.15, -0.1) is 0 Å². The number of anilines is 1. The second-order valence-electron chi connectivity index (χ2n) is 5.04. The first-order valence-electron chi connectivity index (χ1n) is 7.56. The van der Waals surface area contributed by atoms with Crippen LogP contribution in [0.15, 0.2) is 47.6 Å². The lowest BCUT2D eigenvalue weighted by atomic mass is 10.1. The fourth-order valence-corrected chi connectivity index (χ4v) is 2.10. The smallest absolute Gasteiger partial charge is 0.282 e. The van der Waals surface area contributed by atoms with Crippen LogP contribution in [0.2, 0.25) is 0 Å². The van der Waals surface area contributed by atoms with E-state index in [2.05, 4.69) is 15.8 Å². The van der Waals surface area contributed by atoms with Gasteiger partial charge in [-0.2, -0.15) is 5.10 Å². The summed E-state index contributed by atoms with van der Waals surface area (Å²) in [5.74, 6) is 0.150. The number of carbonyl (C=O) groups excluding carboxylic acids is 1. The highest BCUT2D eigenvalue weighted by Gasteiger charge is 2.18. The molecule has 9 heteroatoms. The number of amides is 1. The van der Waals surface area contributed by atoms with Crippen LogP contribution in [0.5, 0.6) is 11.5 Å². The van der Waals surface area contributed by atoms with E-state index in [1.807, 2.05) is 30.3 Å². The first-order valence-corrected chi connectivity index (χ1v) is 7.56. The van der Waals surface area contributed by atoms with Gasteiger partial charge in [0.1, 0.15) is 0 Å². The van der Waals surface area contributed by atoms with Crippen LogP contribution < -0.4 is 20.2 Å². The molecule has 0 saturated heterocycles. The highest BCUT2D eigenvalue weighted by atomic mass is 16.6. The van der Waals surface area contributed by atoms with Crippen LogP contribution in [0.3, 0.4) is 0 Å². The standard InChI is InChI=1S/C17H18N4O5/c1-25-15-8-12(14(21(23)24)9-16(15)26-2)10-19-20-17(22)11-18-13-6-4-3-5-7-13/h3-10,18H,11H2,1-2H3,(H,20,22)/b19-10-. The maximum atomic E-state index is 11.8. The van der Waals surface area contributed by atoms with Crippen molar-refractivity contribution in [2.24, 2.45) is 5.10 Å². The van der Waals surface area contributed by atoms with Gasteiger partial charge in [-0.05, 0) is 18.2 Å². The van der Waals surface area contributed by atoms with Gasteiger partial charge in [-0.1, -0.05) is 18.2 Å². The summed E-state index contributed by atoms with van der Waals surface area (Å²) in [6.07, 6.45) is 1.18. The predicted octanol–water partition coefficient (Wildman–Crippen LogP) is 2.17. The Morgan fingerprint density at radius 3 is 2.46 bits per heavy atom. The summed E-state index contributed by atoms with van der Waals surface area (Å²) in [5, 5.41) is 17.9. The molecular weight excluding hydrogens is 340 g/mol. The number of nitrogens with zero attached hydrogens (tertiary/aromatic N) is 2. The fourth-order valence-electron chi connectivity index (χ4n) is 2.10. The Morgan fingerprint density at radius 2 is 1.85 bits per heavy atom. The van der Waals surface area contributed by atoms with Gasteiger partial charge in [0.05, 0.1) is 43.5 Å². The monoisotopic (exact) mass is 358 g/mol. The van der Waals surface area contributed by atoms with Crippen molar-refractivity contribution in [3.05, 3.63) is 58.1 Å². The Hall–Kier alpha value is -3.62. The first kappa shape index (κ1) is 18.7. The van der Waals surface area contributed by atoms with E-state index in [4.69, 9.17) is 9.47 Å². The summed E-state index contributed by atoms with van der Waals surface area (Å²) in [4.78, 5) is 22.4. The number of methoxy groups -OCH3 is 2. The Balaban J connectivity index is 2.04. The van der Waals surface area contributed by atoms with Crippen LogP contribution in [0.4, 0.5) is 11.4 Å². The molecule has 0 bridgehead atoms. The van der Waals surface area contributed by atoms with E-state index < -0.39 is 10.8 Å². The van der Waals surface area contributed by atoms with E-state index in [-0.39, 0.29) is 23.5 Å². The molecule has 0 aliphatic carbocycles. The molecule has 0 radical (unpaired) electrons. The molecule has 136 valence electrons. The SMILES string of the molecule is COc1cc(/C=N\NC(=O)CNc2ccccc2)c([N+](=O)[O-])cc1OC. The topological polar surface area (TPSA) is 115 Å². The molecule has 0 fully saturated rings. The van der Waals surface area contributed by atoms with Gasteiger partial charge in [0.15, 0.2) is 11.5 Å². The average molecular weight is 358 g/mol. The number of nitrogens with one attached hydrogen (secondary N) is 2. The number of nitro benzene ring substituents is 1. The van der Waals surface area contributed by atoms with Crippen molar-refractivity contribution in [3.63, 3.8) is 0 Å². The molecule has 9 nitrogen and oxygen atoms in total. The molecular formula is C17H18N4O5. The van der Waals surface area contributed by atoms with E-state index >= 15 is 0 Å². The number of nitro groups is 1. The molecule has 2 aromatic carbocycles. The van der Waals surface area contributed by atoms with Gasteiger partial charge in [0.25, 0.3) is 11.6 Å². The molecule has 1 amide bonds. The minimum Gasteiger partial charge on any atom is -0.493 e. The van der Waals surface area contributed by atoms with Crippen LogP contribution in [0.1, 0.15) is 5.56 Å². The Kier molecular flexibility index (Phi) is 6.49. The quantitative estimate of drug-likeness (QED) is 0.424. The molecule has 2 rings (SSSR count). The van der Waals surface area contributed by atoms with Gasteiger partial charge in [-0.25, -0.2) is 5.43 Å². The van der Waals surface area contributed by atoms with E-state index in [9.17, 15) is 14.9 Å². The number of rotatable bonds is 8. The molecule has 0 atom stereocenters. The second-order valence-corrected chi connectivity index (χ2v) is 5.04. The van der Waals surface area contributed by atoms with Crippen molar-refractivity contribution in [3.8, 4) is 11.5 Å². The lowest BCUT2D eigenvalue weighted by Gasteiger charge is -2.08. The van der Waals surface area contributed by atoms with Crippen molar-refractivity contribution < 1.29 is 19.2 Å². The Labute approximate surface area is 149 Å². The summed E-state index contributed by atoms with van der Waals surface area (Å²) in [6, 6.07) is 11.8. The molecule has 0 aromatic heterocycles. The highest BCUT2D eigenvalue weighted by Crippen LogP contribution is 2.33. The van der Waals surface area contributed by atoms with Crippen LogP contribution >= 0.6 is 0 Å². The maximum Gasteiger partial charge on any atom is 0.282 e. The molecule has 26 heavy (non-hydrogen) atoms. The van der Waals surface area contributed by atoms with E-state index in [1.54, 1.807) is 0 Å². The second kappa shape index (κ2) is 9.02. The molecule has 0 heterocycles. The summed E-state index contributed by atoms with van der Waals surface area (Å²) in [5.41, 5.74) is 3.05.